The second-order valence-electron chi connectivity index (χ2n) is 4.95. The Morgan fingerprint density at radius 2 is 1.74 bits per heavy atom. The molecule has 2 aromatic rings. The molecule has 0 aliphatic carbocycles. The Morgan fingerprint density at radius 1 is 1.05 bits per heavy atom. The first-order chi connectivity index (χ1) is 9.10. The average molecular weight is 271 g/mol. The molecule has 1 unspecified atom stereocenters. The van der Waals surface area contributed by atoms with Crippen LogP contribution in [0.3, 0.4) is 0 Å². The quantitative estimate of drug-likeness (QED) is 0.859. The van der Waals surface area contributed by atoms with E-state index in [1.807, 2.05) is 11.8 Å². The highest BCUT2D eigenvalue weighted by Gasteiger charge is 2.05. The Balaban J connectivity index is 2.15. The second kappa shape index (κ2) is 6.27. The molecule has 0 aromatic heterocycles. The van der Waals surface area contributed by atoms with Gasteiger partial charge in [-0.3, -0.25) is 0 Å². The van der Waals surface area contributed by atoms with E-state index < -0.39 is 0 Å². The fourth-order valence-corrected chi connectivity index (χ4v) is 2.94. The maximum absolute atomic E-state index is 6.03. The lowest BCUT2D eigenvalue weighted by Gasteiger charge is -2.10. The van der Waals surface area contributed by atoms with E-state index in [1.165, 1.54) is 26.5 Å². The van der Waals surface area contributed by atoms with Gasteiger partial charge < -0.3 is 5.73 Å². The van der Waals surface area contributed by atoms with Crippen molar-refractivity contribution < 1.29 is 0 Å². The zero-order chi connectivity index (χ0) is 13.8. The van der Waals surface area contributed by atoms with Crippen molar-refractivity contribution in [2.24, 2.45) is 5.73 Å². The molecule has 0 saturated heterocycles. The van der Waals surface area contributed by atoms with Gasteiger partial charge in [0.1, 0.15) is 0 Å². The van der Waals surface area contributed by atoms with Crippen molar-refractivity contribution >= 4 is 11.8 Å². The van der Waals surface area contributed by atoms with Crippen LogP contribution in [0.25, 0.3) is 0 Å². The summed E-state index contributed by atoms with van der Waals surface area (Å²) < 4.78 is 0. The summed E-state index contributed by atoms with van der Waals surface area (Å²) in [6, 6.07) is 15.3. The molecular formula is C17H21NS. The van der Waals surface area contributed by atoms with Crippen molar-refractivity contribution in [1.29, 1.82) is 0 Å². The standard InChI is InChI=1S/C17H21NS/c1-4-16(18)14-6-8-15(9-7-14)19-17-10-5-12(2)11-13(17)3/h5-11,16H,4,18H2,1-3H3. The van der Waals surface area contributed by atoms with Crippen LogP contribution in [-0.4, -0.2) is 0 Å². The van der Waals surface area contributed by atoms with Crippen LogP contribution in [0, 0.1) is 13.8 Å². The zero-order valence-corrected chi connectivity index (χ0v) is 12.6. The molecule has 100 valence electrons. The first-order valence-corrected chi connectivity index (χ1v) is 7.52. The largest absolute Gasteiger partial charge is 0.324 e. The molecule has 19 heavy (non-hydrogen) atoms. The van der Waals surface area contributed by atoms with Gasteiger partial charge in [0.2, 0.25) is 0 Å². The summed E-state index contributed by atoms with van der Waals surface area (Å²) in [6.07, 6.45) is 0.976. The molecule has 2 N–H and O–H groups in total. The monoisotopic (exact) mass is 271 g/mol. The maximum Gasteiger partial charge on any atom is 0.0292 e. The van der Waals surface area contributed by atoms with E-state index in [2.05, 4.69) is 63.2 Å². The van der Waals surface area contributed by atoms with E-state index in [4.69, 9.17) is 5.73 Å². The molecular weight excluding hydrogens is 250 g/mol. The Labute approximate surface area is 120 Å². The number of benzene rings is 2. The third kappa shape index (κ3) is 3.62. The Bertz CT molecular complexity index is 546. The topological polar surface area (TPSA) is 26.0 Å². The number of aryl methyl sites for hydroxylation is 2. The predicted molar refractivity (Wildman–Crippen MR) is 83.7 cm³/mol. The first-order valence-electron chi connectivity index (χ1n) is 6.71. The van der Waals surface area contributed by atoms with Crippen molar-refractivity contribution in [3.63, 3.8) is 0 Å². The van der Waals surface area contributed by atoms with Crippen LogP contribution in [0.5, 0.6) is 0 Å². The minimum Gasteiger partial charge on any atom is -0.324 e. The maximum atomic E-state index is 6.03. The summed E-state index contributed by atoms with van der Waals surface area (Å²) in [5, 5.41) is 0. The van der Waals surface area contributed by atoms with Gasteiger partial charge >= 0.3 is 0 Å². The SMILES string of the molecule is CCC(N)c1ccc(Sc2ccc(C)cc2C)cc1. The lowest BCUT2D eigenvalue weighted by atomic mass is 10.1. The summed E-state index contributed by atoms with van der Waals surface area (Å²) in [5.41, 5.74) is 9.89. The van der Waals surface area contributed by atoms with Gasteiger partial charge in [-0.25, -0.2) is 0 Å². The molecule has 0 saturated carbocycles. The Morgan fingerprint density at radius 3 is 2.32 bits per heavy atom. The summed E-state index contributed by atoms with van der Waals surface area (Å²) in [7, 11) is 0. The Kier molecular flexibility index (Phi) is 4.67. The van der Waals surface area contributed by atoms with Crippen LogP contribution < -0.4 is 5.73 Å². The predicted octanol–water partition coefficient (Wildman–Crippen LogP) is 4.86. The van der Waals surface area contributed by atoms with E-state index in [0.717, 1.165) is 6.42 Å². The van der Waals surface area contributed by atoms with E-state index in [-0.39, 0.29) is 6.04 Å². The highest BCUT2D eigenvalue weighted by molar-refractivity contribution is 7.99. The minimum absolute atomic E-state index is 0.153. The molecule has 0 radical (unpaired) electrons. The van der Waals surface area contributed by atoms with Crippen LogP contribution in [0.4, 0.5) is 0 Å². The smallest absolute Gasteiger partial charge is 0.0292 e. The summed E-state index contributed by atoms with van der Waals surface area (Å²) in [6.45, 7) is 6.40. The lowest BCUT2D eigenvalue weighted by molar-refractivity contribution is 0.698. The average Bonchev–Trinajstić information content (AvgIpc) is 2.42. The van der Waals surface area contributed by atoms with E-state index in [1.54, 1.807) is 0 Å². The van der Waals surface area contributed by atoms with Gasteiger partial charge in [0.15, 0.2) is 0 Å². The van der Waals surface area contributed by atoms with Crippen molar-refractivity contribution in [2.45, 2.75) is 43.0 Å². The summed E-state index contributed by atoms with van der Waals surface area (Å²) in [5.74, 6) is 0. The van der Waals surface area contributed by atoms with Gasteiger partial charge in [0.05, 0.1) is 0 Å². The Hall–Kier alpha value is -1.25. The van der Waals surface area contributed by atoms with Gasteiger partial charge in [-0.2, -0.15) is 0 Å². The normalized spacial score (nSPS) is 12.4. The molecule has 2 aromatic carbocycles. The van der Waals surface area contributed by atoms with Crippen LogP contribution in [0.2, 0.25) is 0 Å². The van der Waals surface area contributed by atoms with Gasteiger partial charge in [-0.15, -0.1) is 0 Å². The molecule has 0 bridgehead atoms. The van der Waals surface area contributed by atoms with E-state index in [9.17, 15) is 0 Å². The van der Waals surface area contributed by atoms with Gasteiger partial charge in [-0.05, 0) is 49.6 Å². The lowest BCUT2D eigenvalue weighted by Crippen LogP contribution is -2.07. The van der Waals surface area contributed by atoms with Crippen molar-refractivity contribution in [3.05, 3.63) is 59.2 Å². The molecule has 0 fully saturated rings. The van der Waals surface area contributed by atoms with Crippen LogP contribution in [0.15, 0.2) is 52.3 Å². The highest BCUT2D eigenvalue weighted by atomic mass is 32.2. The van der Waals surface area contributed by atoms with Crippen molar-refractivity contribution in [1.82, 2.24) is 0 Å². The van der Waals surface area contributed by atoms with Crippen molar-refractivity contribution in [3.8, 4) is 0 Å². The van der Waals surface area contributed by atoms with Crippen molar-refractivity contribution in [2.75, 3.05) is 0 Å². The number of nitrogens with two attached hydrogens (primary N) is 1. The highest BCUT2D eigenvalue weighted by Crippen LogP contribution is 2.31. The van der Waals surface area contributed by atoms with Gasteiger partial charge in [0, 0.05) is 15.8 Å². The number of rotatable bonds is 4. The van der Waals surface area contributed by atoms with Gasteiger partial charge in [-0.1, -0.05) is 48.5 Å². The molecule has 0 amide bonds. The number of hydrogen-bond acceptors (Lipinski definition) is 2. The fourth-order valence-electron chi connectivity index (χ4n) is 2.06. The number of hydrogen-bond donors (Lipinski definition) is 1. The molecule has 0 aliphatic heterocycles. The molecule has 1 atom stereocenters. The minimum atomic E-state index is 0.153. The molecule has 1 nitrogen and oxygen atoms in total. The van der Waals surface area contributed by atoms with Crippen LogP contribution in [0.1, 0.15) is 36.1 Å². The third-order valence-electron chi connectivity index (χ3n) is 3.31. The second-order valence-corrected chi connectivity index (χ2v) is 6.07. The third-order valence-corrected chi connectivity index (χ3v) is 4.49. The zero-order valence-electron chi connectivity index (χ0n) is 11.8. The molecule has 2 rings (SSSR count). The van der Waals surface area contributed by atoms with Crippen LogP contribution in [-0.2, 0) is 0 Å². The first kappa shape index (κ1) is 14.2. The summed E-state index contributed by atoms with van der Waals surface area (Å²) in [4.78, 5) is 2.58. The molecule has 0 aliphatic rings. The van der Waals surface area contributed by atoms with E-state index >= 15 is 0 Å². The molecule has 2 heteroatoms. The fraction of sp³-hybridized carbons (Fsp3) is 0.294. The van der Waals surface area contributed by atoms with Gasteiger partial charge in [0.25, 0.3) is 0 Å². The van der Waals surface area contributed by atoms with E-state index in [0.29, 0.717) is 0 Å². The molecule has 0 heterocycles. The summed E-state index contributed by atoms with van der Waals surface area (Å²) >= 11 is 1.81. The molecule has 0 spiro atoms. The van der Waals surface area contributed by atoms with Crippen LogP contribution >= 0.6 is 11.8 Å².